The lowest BCUT2D eigenvalue weighted by molar-refractivity contribution is -0.136. The SMILES string of the molecule is CC1CCC(C)N(C(=O)C2CC2)C1. The van der Waals surface area contributed by atoms with Crippen LogP contribution >= 0.6 is 0 Å². The summed E-state index contributed by atoms with van der Waals surface area (Å²) in [4.78, 5) is 14.0. The highest BCUT2D eigenvalue weighted by molar-refractivity contribution is 5.81. The summed E-state index contributed by atoms with van der Waals surface area (Å²) in [6.07, 6.45) is 4.75. The van der Waals surface area contributed by atoms with E-state index in [1.807, 2.05) is 0 Å². The van der Waals surface area contributed by atoms with Crippen molar-refractivity contribution >= 4 is 5.91 Å². The van der Waals surface area contributed by atoms with Gasteiger partial charge >= 0.3 is 0 Å². The van der Waals surface area contributed by atoms with E-state index in [1.165, 1.54) is 12.8 Å². The number of hydrogen-bond donors (Lipinski definition) is 0. The Morgan fingerprint density at radius 2 is 1.85 bits per heavy atom. The fourth-order valence-electron chi connectivity index (χ4n) is 2.16. The Hall–Kier alpha value is -0.530. The van der Waals surface area contributed by atoms with Crippen molar-refractivity contribution in [1.29, 1.82) is 0 Å². The zero-order chi connectivity index (χ0) is 9.42. The Labute approximate surface area is 80.3 Å². The van der Waals surface area contributed by atoms with Gasteiger partial charge in [0.1, 0.15) is 0 Å². The highest BCUT2D eigenvalue weighted by Crippen LogP contribution is 2.33. The molecule has 13 heavy (non-hydrogen) atoms. The molecule has 2 unspecified atom stereocenters. The van der Waals surface area contributed by atoms with Crippen molar-refractivity contribution < 1.29 is 4.79 Å². The van der Waals surface area contributed by atoms with Gasteiger partial charge in [-0.15, -0.1) is 0 Å². The molecule has 1 aliphatic heterocycles. The third-order valence-electron chi connectivity index (χ3n) is 3.33. The van der Waals surface area contributed by atoms with Gasteiger partial charge in [-0.1, -0.05) is 6.92 Å². The van der Waals surface area contributed by atoms with E-state index in [4.69, 9.17) is 0 Å². The largest absolute Gasteiger partial charge is 0.339 e. The van der Waals surface area contributed by atoms with Crippen molar-refractivity contribution in [2.45, 2.75) is 45.6 Å². The topological polar surface area (TPSA) is 20.3 Å². The standard InChI is InChI=1S/C11H19NO/c1-8-3-4-9(2)12(7-8)11(13)10-5-6-10/h8-10H,3-7H2,1-2H3. The Morgan fingerprint density at radius 1 is 1.15 bits per heavy atom. The smallest absolute Gasteiger partial charge is 0.225 e. The lowest BCUT2D eigenvalue weighted by Crippen LogP contribution is -2.45. The summed E-state index contributed by atoms with van der Waals surface area (Å²) < 4.78 is 0. The number of carbonyl (C=O) groups is 1. The zero-order valence-electron chi connectivity index (χ0n) is 8.62. The summed E-state index contributed by atoms with van der Waals surface area (Å²) in [7, 11) is 0. The van der Waals surface area contributed by atoms with Crippen molar-refractivity contribution in [3.8, 4) is 0 Å². The van der Waals surface area contributed by atoms with Crippen LogP contribution in [0.2, 0.25) is 0 Å². The molecule has 0 aromatic rings. The van der Waals surface area contributed by atoms with Gasteiger partial charge in [-0.25, -0.2) is 0 Å². The predicted molar refractivity (Wildman–Crippen MR) is 52.3 cm³/mol. The Balaban J connectivity index is 1.97. The van der Waals surface area contributed by atoms with Gasteiger partial charge in [-0.3, -0.25) is 4.79 Å². The van der Waals surface area contributed by atoms with Gasteiger partial charge in [-0.2, -0.15) is 0 Å². The van der Waals surface area contributed by atoms with Crippen LogP contribution in [-0.2, 0) is 4.79 Å². The quantitative estimate of drug-likeness (QED) is 0.606. The highest BCUT2D eigenvalue weighted by atomic mass is 16.2. The normalized spacial score (nSPS) is 34.8. The Kier molecular flexibility index (Phi) is 2.31. The maximum atomic E-state index is 11.8. The van der Waals surface area contributed by atoms with Crippen LogP contribution in [0, 0.1) is 11.8 Å². The summed E-state index contributed by atoms with van der Waals surface area (Å²) in [5.74, 6) is 1.53. The van der Waals surface area contributed by atoms with E-state index in [0.29, 0.717) is 23.8 Å². The molecular formula is C11H19NO. The lowest BCUT2D eigenvalue weighted by Gasteiger charge is -2.37. The first-order valence-corrected chi connectivity index (χ1v) is 5.49. The minimum Gasteiger partial charge on any atom is -0.339 e. The molecule has 0 bridgehead atoms. The summed E-state index contributed by atoms with van der Waals surface area (Å²) in [5, 5.41) is 0. The average molecular weight is 181 g/mol. The maximum absolute atomic E-state index is 11.8. The van der Waals surface area contributed by atoms with E-state index >= 15 is 0 Å². The number of likely N-dealkylation sites (tertiary alicyclic amines) is 1. The van der Waals surface area contributed by atoms with Gasteiger partial charge in [0.25, 0.3) is 0 Å². The van der Waals surface area contributed by atoms with E-state index in [-0.39, 0.29) is 0 Å². The molecule has 1 saturated carbocycles. The van der Waals surface area contributed by atoms with Crippen molar-refractivity contribution in [3.05, 3.63) is 0 Å². The van der Waals surface area contributed by atoms with Gasteiger partial charge in [0, 0.05) is 18.5 Å². The van der Waals surface area contributed by atoms with E-state index in [1.54, 1.807) is 0 Å². The number of amides is 1. The number of carbonyl (C=O) groups excluding carboxylic acids is 1. The van der Waals surface area contributed by atoms with Gasteiger partial charge in [0.2, 0.25) is 5.91 Å². The van der Waals surface area contributed by atoms with Crippen LogP contribution < -0.4 is 0 Å². The second kappa shape index (κ2) is 3.32. The predicted octanol–water partition coefficient (Wildman–Crippen LogP) is 2.04. The fraction of sp³-hybridized carbons (Fsp3) is 0.909. The molecule has 1 aliphatic carbocycles. The van der Waals surface area contributed by atoms with Crippen LogP contribution in [0.5, 0.6) is 0 Å². The van der Waals surface area contributed by atoms with Crippen molar-refractivity contribution in [2.24, 2.45) is 11.8 Å². The number of hydrogen-bond acceptors (Lipinski definition) is 1. The fourth-order valence-corrected chi connectivity index (χ4v) is 2.16. The first-order chi connectivity index (χ1) is 6.18. The number of piperidine rings is 1. The van der Waals surface area contributed by atoms with Crippen LogP contribution in [0.15, 0.2) is 0 Å². The van der Waals surface area contributed by atoms with Gasteiger partial charge in [0.15, 0.2) is 0 Å². The van der Waals surface area contributed by atoms with E-state index < -0.39 is 0 Å². The Bertz CT molecular complexity index is 210. The van der Waals surface area contributed by atoms with E-state index in [9.17, 15) is 4.79 Å². The summed E-state index contributed by atoms with van der Waals surface area (Å²) in [6.45, 7) is 5.43. The number of rotatable bonds is 1. The average Bonchev–Trinajstić information content (AvgIpc) is 2.91. The monoisotopic (exact) mass is 181 g/mol. The van der Waals surface area contributed by atoms with Gasteiger partial charge < -0.3 is 4.90 Å². The molecule has 0 radical (unpaired) electrons. The summed E-state index contributed by atoms with van der Waals surface area (Å²) in [6, 6.07) is 0.490. The van der Waals surface area contributed by atoms with Crippen LogP contribution in [0.3, 0.4) is 0 Å². The molecule has 2 aliphatic rings. The minimum absolute atomic E-state index is 0.396. The molecule has 2 rings (SSSR count). The molecule has 0 aromatic heterocycles. The molecule has 2 nitrogen and oxygen atoms in total. The molecule has 1 amide bonds. The zero-order valence-corrected chi connectivity index (χ0v) is 8.62. The van der Waals surface area contributed by atoms with Crippen molar-refractivity contribution in [2.75, 3.05) is 6.54 Å². The molecule has 2 heteroatoms. The summed E-state index contributed by atoms with van der Waals surface area (Å²) in [5.41, 5.74) is 0. The molecular weight excluding hydrogens is 162 g/mol. The minimum atomic E-state index is 0.396. The van der Waals surface area contributed by atoms with Crippen LogP contribution in [0.1, 0.15) is 39.5 Å². The molecule has 74 valence electrons. The molecule has 0 N–H and O–H groups in total. The molecule has 1 saturated heterocycles. The molecule has 1 heterocycles. The number of nitrogens with zero attached hydrogens (tertiary/aromatic N) is 1. The van der Waals surface area contributed by atoms with Crippen LogP contribution in [0.25, 0.3) is 0 Å². The lowest BCUT2D eigenvalue weighted by atomic mass is 9.94. The molecule has 2 fully saturated rings. The second-order valence-electron chi connectivity index (χ2n) is 4.80. The second-order valence-corrected chi connectivity index (χ2v) is 4.80. The first kappa shape index (κ1) is 9.04. The van der Waals surface area contributed by atoms with E-state index in [0.717, 1.165) is 19.4 Å². The molecule has 0 spiro atoms. The van der Waals surface area contributed by atoms with Crippen molar-refractivity contribution in [1.82, 2.24) is 4.90 Å². The molecule has 2 atom stereocenters. The molecule has 0 aromatic carbocycles. The van der Waals surface area contributed by atoms with Crippen molar-refractivity contribution in [3.63, 3.8) is 0 Å². The highest BCUT2D eigenvalue weighted by Gasteiger charge is 2.36. The van der Waals surface area contributed by atoms with E-state index in [2.05, 4.69) is 18.7 Å². The van der Waals surface area contributed by atoms with Gasteiger partial charge in [-0.05, 0) is 38.5 Å². The summed E-state index contributed by atoms with van der Waals surface area (Å²) >= 11 is 0. The van der Waals surface area contributed by atoms with Crippen LogP contribution in [-0.4, -0.2) is 23.4 Å². The first-order valence-electron chi connectivity index (χ1n) is 5.49. The Morgan fingerprint density at radius 3 is 2.46 bits per heavy atom. The van der Waals surface area contributed by atoms with Crippen LogP contribution in [0.4, 0.5) is 0 Å². The maximum Gasteiger partial charge on any atom is 0.225 e. The third-order valence-corrected chi connectivity index (χ3v) is 3.33. The van der Waals surface area contributed by atoms with Gasteiger partial charge in [0.05, 0.1) is 0 Å². The third kappa shape index (κ3) is 1.87.